The summed E-state index contributed by atoms with van der Waals surface area (Å²) in [7, 11) is 0. The molecule has 16 heavy (non-hydrogen) atoms. The molecular weight excluding hydrogens is 249 g/mol. The molecule has 0 unspecified atom stereocenters. The minimum Gasteiger partial charge on any atom is -0.288 e. The highest BCUT2D eigenvalue weighted by Crippen LogP contribution is 2.13. The Labute approximate surface area is 103 Å². The Morgan fingerprint density at radius 1 is 1.69 bits per heavy atom. The molecule has 5 heteroatoms. The Kier molecular flexibility index (Phi) is 5.30. The number of hydrogen-bond donors (Lipinski definition) is 0. The van der Waals surface area contributed by atoms with Crippen LogP contribution in [0.25, 0.3) is 0 Å². The second kappa shape index (κ2) is 6.51. The summed E-state index contributed by atoms with van der Waals surface area (Å²) in [5, 5.41) is 0.392. The van der Waals surface area contributed by atoms with Crippen LogP contribution in [0, 0.1) is 17.8 Å². The van der Waals surface area contributed by atoms with Gasteiger partial charge in [-0.05, 0) is 0 Å². The van der Waals surface area contributed by atoms with E-state index in [1.54, 1.807) is 0 Å². The van der Waals surface area contributed by atoms with Crippen molar-refractivity contribution < 1.29 is 9.18 Å². The van der Waals surface area contributed by atoms with E-state index in [0.29, 0.717) is 22.8 Å². The van der Waals surface area contributed by atoms with Crippen molar-refractivity contribution in [1.29, 1.82) is 0 Å². The van der Waals surface area contributed by atoms with Crippen molar-refractivity contribution >= 4 is 28.5 Å². The average Bonchev–Trinajstić information content (AvgIpc) is 2.22. The highest BCUT2D eigenvalue weighted by molar-refractivity contribution is 8.13. The van der Waals surface area contributed by atoms with Gasteiger partial charge in [-0.15, -0.1) is 0 Å². The minimum atomic E-state index is -0.605. The summed E-state index contributed by atoms with van der Waals surface area (Å²) >= 11 is 6.98. The van der Waals surface area contributed by atoms with E-state index < -0.39 is 5.95 Å². The van der Waals surface area contributed by atoms with Crippen molar-refractivity contribution in [3.63, 3.8) is 0 Å². The van der Waals surface area contributed by atoms with Crippen molar-refractivity contribution in [1.82, 2.24) is 4.98 Å². The number of carbonyl (C=O) groups excluding carboxylic acids is 1. The van der Waals surface area contributed by atoms with Crippen LogP contribution in [0.5, 0.6) is 0 Å². The molecule has 0 fully saturated rings. The fourth-order valence-electron chi connectivity index (χ4n) is 0.913. The number of halogens is 2. The van der Waals surface area contributed by atoms with Gasteiger partial charge in [0.15, 0.2) is 5.12 Å². The number of hydrogen-bond acceptors (Lipinski definition) is 3. The van der Waals surface area contributed by atoms with E-state index in [2.05, 4.69) is 16.8 Å². The van der Waals surface area contributed by atoms with Gasteiger partial charge in [-0.1, -0.05) is 35.2 Å². The van der Waals surface area contributed by atoms with Gasteiger partial charge >= 0.3 is 0 Å². The van der Waals surface area contributed by atoms with Crippen LogP contribution in [0.2, 0.25) is 5.02 Å². The fraction of sp³-hybridized carbons (Fsp3) is 0.273. The number of aromatic nitrogens is 1. The smallest absolute Gasteiger partial charge is 0.214 e. The predicted octanol–water partition coefficient (Wildman–Crippen LogP) is 2.90. The lowest BCUT2D eigenvalue weighted by molar-refractivity contribution is -0.109. The number of thioether (sulfide) groups is 1. The Morgan fingerprint density at radius 3 is 3.12 bits per heavy atom. The SMILES string of the molecule is CC(=O)SCCC#Cc1cc(F)ncc1Cl. The molecule has 0 aliphatic heterocycles. The first-order valence-corrected chi connectivity index (χ1v) is 5.89. The van der Waals surface area contributed by atoms with Gasteiger partial charge in [-0.3, -0.25) is 4.79 Å². The first-order chi connectivity index (χ1) is 7.59. The van der Waals surface area contributed by atoms with Gasteiger partial charge in [0.05, 0.1) is 5.02 Å². The van der Waals surface area contributed by atoms with Crippen molar-refractivity contribution in [3.8, 4) is 11.8 Å². The summed E-state index contributed by atoms with van der Waals surface area (Å²) in [4.78, 5) is 14.0. The van der Waals surface area contributed by atoms with E-state index in [0.717, 1.165) is 0 Å². The van der Waals surface area contributed by atoms with Gasteiger partial charge in [0.25, 0.3) is 0 Å². The third-order valence-corrected chi connectivity index (χ3v) is 2.69. The van der Waals surface area contributed by atoms with Crippen molar-refractivity contribution in [3.05, 3.63) is 28.8 Å². The molecule has 0 N–H and O–H groups in total. The lowest BCUT2D eigenvalue weighted by atomic mass is 10.2. The summed E-state index contributed by atoms with van der Waals surface area (Å²) in [6.45, 7) is 1.51. The zero-order valence-electron chi connectivity index (χ0n) is 8.59. The molecule has 1 heterocycles. The molecule has 0 saturated carbocycles. The zero-order valence-corrected chi connectivity index (χ0v) is 10.2. The van der Waals surface area contributed by atoms with E-state index in [-0.39, 0.29) is 5.12 Å². The second-order valence-corrected chi connectivity index (χ2v) is 4.56. The van der Waals surface area contributed by atoms with Crippen LogP contribution in [0.15, 0.2) is 12.3 Å². The molecule has 0 spiro atoms. The summed E-state index contributed by atoms with van der Waals surface area (Å²) in [6, 6.07) is 1.19. The van der Waals surface area contributed by atoms with Crippen molar-refractivity contribution in [2.45, 2.75) is 13.3 Å². The van der Waals surface area contributed by atoms with Crippen LogP contribution in [0.1, 0.15) is 18.9 Å². The van der Waals surface area contributed by atoms with Crippen LogP contribution in [0.4, 0.5) is 4.39 Å². The largest absolute Gasteiger partial charge is 0.288 e. The number of nitrogens with zero attached hydrogens (tertiary/aromatic N) is 1. The van der Waals surface area contributed by atoms with Crippen molar-refractivity contribution in [2.75, 3.05) is 5.75 Å². The van der Waals surface area contributed by atoms with Crippen molar-refractivity contribution in [2.24, 2.45) is 0 Å². The molecule has 0 amide bonds. The van der Waals surface area contributed by atoms with E-state index in [1.165, 1.54) is 30.9 Å². The Bertz CT molecular complexity index is 453. The fourth-order valence-corrected chi connectivity index (χ4v) is 1.55. The molecule has 0 aromatic carbocycles. The monoisotopic (exact) mass is 257 g/mol. The molecule has 0 radical (unpaired) electrons. The van der Waals surface area contributed by atoms with E-state index in [4.69, 9.17) is 11.6 Å². The maximum absolute atomic E-state index is 12.7. The third kappa shape index (κ3) is 4.65. The highest BCUT2D eigenvalue weighted by atomic mass is 35.5. The second-order valence-electron chi connectivity index (χ2n) is 2.88. The topological polar surface area (TPSA) is 30.0 Å². The summed E-state index contributed by atoms with van der Waals surface area (Å²) in [5.74, 6) is 5.59. The standard InChI is InChI=1S/C11H9ClFNOS/c1-8(15)16-5-3-2-4-9-6-11(13)14-7-10(9)12/h6-7H,3,5H2,1H3. The van der Waals surface area contributed by atoms with Crippen LogP contribution >= 0.6 is 23.4 Å². The average molecular weight is 258 g/mol. The molecule has 0 bridgehead atoms. The molecule has 84 valence electrons. The molecular formula is C11H9ClFNOS. The Hall–Kier alpha value is -1.05. The molecule has 0 saturated heterocycles. The lowest BCUT2D eigenvalue weighted by Gasteiger charge is -1.94. The number of pyridine rings is 1. The van der Waals surface area contributed by atoms with Crippen LogP contribution in [0.3, 0.4) is 0 Å². The van der Waals surface area contributed by atoms with Gasteiger partial charge in [-0.2, -0.15) is 4.39 Å². The van der Waals surface area contributed by atoms with E-state index in [9.17, 15) is 9.18 Å². The molecule has 0 atom stereocenters. The quantitative estimate of drug-likeness (QED) is 0.464. The summed E-state index contributed by atoms with van der Waals surface area (Å²) < 4.78 is 12.7. The Morgan fingerprint density at radius 2 is 2.44 bits per heavy atom. The van der Waals surface area contributed by atoms with Crippen LogP contribution < -0.4 is 0 Å². The first kappa shape index (κ1) is 13.0. The van der Waals surface area contributed by atoms with Gasteiger partial charge in [0.1, 0.15) is 0 Å². The van der Waals surface area contributed by atoms with Gasteiger partial charge in [0.2, 0.25) is 5.95 Å². The first-order valence-electron chi connectivity index (χ1n) is 4.53. The normalized spacial score (nSPS) is 9.44. The summed E-state index contributed by atoms with van der Waals surface area (Å²) in [5.41, 5.74) is 0.419. The maximum atomic E-state index is 12.7. The third-order valence-electron chi connectivity index (χ3n) is 1.58. The zero-order chi connectivity index (χ0) is 12.0. The van der Waals surface area contributed by atoms with Gasteiger partial charge in [-0.25, -0.2) is 4.98 Å². The molecule has 0 aliphatic carbocycles. The molecule has 1 rings (SSSR count). The summed E-state index contributed by atoms with van der Waals surface area (Å²) in [6.07, 6.45) is 1.79. The van der Waals surface area contributed by atoms with Gasteiger partial charge in [0, 0.05) is 36.9 Å². The maximum Gasteiger partial charge on any atom is 0.214 e. The number of carbonyl (C=O) groups is 1. The number of rotatable bonds is 2. The highest BCUT2D eigenvalue weighted by Gasteiger charge is 1.99. The van der Waals surface area contributed by atoms with Crippen LogP contribution in [-0.2, 0) is 4.79 Å². The molecule has 1 aromatic heterocycles. The molecule has 1 aromatic rings. The predicted molar refractivity (Wildman–Crippen MR) is 63.8 cm³/mol. The molecule has 0 aliphatic rings. The molecule has 2 nitrogen and oxygen atoms in total. The van der Waals surface area contributed by atoms with E-state index in [1.807, 2.05) is 0 Å². The van der Waals surface area contributed by atoms with E-state index >= 15 is 0 Å². The minimum absolute atomic E-state index is 0.0646. The van der Waals surface area contributed by atoms with Crippen LogP contribution in [-0.4, -0.2) is 15.9 Å². The lowest BCUT2D eigenvalue weighted by Crippen LogP contribution is -1.86. The Balaban J connectivity index is 2.56. The van der Waals surface area contributed by atoms with Gasteiger partial charge < -0.3 is 0 Å².